The summed E-state index contributed by atoms with van der Waals surface area (Å²) in [5.74, 6) is -2.80. The molecule has 32 heavy (non-hydrogen) atoms. The van der Waals surface area contributed by atoms with Crippen molar-refractivity contribution in [1.29, 1.82) is 0 Å². The van der Waals surface area contributed by atoms with Crippen molar-refractivity contribution in [2.45, 2.75) is 17.7 Å². The molecule has 2 heterocycles. The van der Waals surface area contributed by atoms with Crippen LogP contribution in [0.2, 0.25) is 0 Å². The van der Waals surface area contributed by atoms with E-state index in [2.05, 4.69) is 20.3 Å². The minimum Gasteiger partial charge on any atom is -0.326 e. The molecule has 0 saturated carbocycles. The molecule has 0 spiro atoms. The third-order valence-corrected chi connectivity index (χ3v) is 6.09. The Bertz CT molecular complexity index is 1330. The number of aromatic nitrogens is 1. The average molecular weight is 458 g/mol. The highest BCUT2D eigenvalue weighted by molar-refractivity contribution is 7.92. The highest BCUT2D eigenvalue weighted by Gasteiger charge is 2.25. The second-order valence-corrected chi connectivity index (χ2v) is 8.60. The van der Waals surface area contributed by atoms with Crippen molar-refractivity contribution in [3.63, 3.8) is 0 Å². The Labute approximate surface area is 181 Å². The standard InChI is InChI=1S/C21H16F2N4O4S/c22-13-5-6-15(26-21(29)16-3-1-2-8-24-16)18(10-13)27-32(30,31)19-9-12-4-7-20(28)25-17(12)11-14(19)23/h1-3,5-6,8-11,27H,4,7H2,(H,25,28)(H,26,29). The number of rotatable bonds is 5. The summed E-state index contributed by atoms with van der Waals surface area (Å²) in [6.07, 6.45) is 1.79. The first-order valence-electron chi connectivity index (χ1n) is 9.40. The van der Waals surface area contributed by atoms with Crippen LogP contribution in [0.4, 0.5) is 25.8 Å². The van der Waals surface area contributed by atoms with Gasteiger partial charge in [0.25, 0.3) is 15.9 Å². The molecule has 0 radical (unpaired) electrons. The lowest BCUT2D eigenvalue weighted by Gasteiger charge is -2.19. The third-order valence-electron chi connectivity index (χ3n) is 4.71. The number of nitrogens with one attached hydrogen (secondary N) is 3. The van der Waals surface area contributed by atoms with E-state index < -0.39 is 32.5 Å². The average Bonchev–Trinajstić information content (AvgIpc) is 2.75. The van der Waals surface area contributed by atoms with Gasteiger partial charge in [0.15, 0.2) is 0 Å². The molecule has 1 aliphatic rings. The van der Waals surface area contributed by atoms with Gasteiger partial charge in [0.05, 0.1) is 11.4 Å². The Balaban J connectivity index is 1.66. The molecule has 3 N–H and O–H groups in total. The number of sulfonamides is 1. The smallest absolute Gasteiger partial charge is 0.274 e. The van der Waals surface area contributed by atoms with E-state index in [1.807, 2.05) is 0 Å². The largest absolute Gasteiger partial charge is 0.326 e. The first-order valence-corrected chi connectivity index (χ1v) is 10.9. The van der Waals surface area contributed by atoms with E-state index in [1.54, 1.807) is 12.1 Å². The molecule has 0 saturated heterocycles. The van der Waals surface area contributed by atoms with Gasteiger partial charge in [0.1, 0.15) is 22.2 Å². The van der Waals surface area contributed by atoms with Gasteiger partial charge in [0.2, 0.25) is 5.91 Å². The maximum absolute atomic E-state index is 14.6. The normalized spacial score (nSPS) is 13.1. The number of hydrogen-bond acceptors (Lipinski definition) is 5. The number of benzene rings is 2. The number of aryl methyl sites for hydroxylation is 1. The van der Waals surface area contributed by atoms with Gasteiger partial charge >= 0.3 is 0 Å². The fraction of sp³-hybridized carbons (Fsp3) is 0.0952. The predicted octanol–water partition coefficient (Wildman–Crippen LogP) is 3.30. The summed E-state index contributed by atoms with van der Waals surface area (Å²) in [5.41, 5.74) is 0.380. The van der Waals surface area contributed by atoms with Gasteiger partial charge in [-0.1, -0.05) is 6.07 Å². The van der Waals surface area contributed by atoms with Crippen LogP contribution in [0.5, 0.6) is 0 Å². The minimum absolute atomic E-state index is 0.0451. The molecule has 1 aliphatic heterocycles. The van der Waals surface area contributed by atoms with Crippen LogP contribution < -0.4 is 15.4 Å². The summed E-state index contributed by atoms with van der Waals surface area (Å²) < 4.78 is 56.4. The predicted molar refractivity (Wildman–Crippen MR) is 113 cm³/mol. The number of anilines is 3. The number of halogens is 2. The van der Waals surface area contributed by atoms with Gasteiger partial charge < -0.3 is 10.6 Å². The van der Waals surface area contributed by atoms with Gasteiger partial charge in [-0.05, 0) is 48.4 Å². The molecule has 0 unspecified atom stereocenters. The zero-order chi connectivity index (χ0) is 22.9. The van der Waals surface area contributed by atoms with Crippen molar-refractivity contribution >= 4 is 38.9 Å². The summed E-state index contributed by atoms with van der Waals surface area (Å²) in [6, 6.07) is 9.78. The summed E-state index contributed by atoms with van der Waals surface area (Å²) in [4.78, 5) is 27.1. The molecule has 0 atom stereocenters. The van der Waals surface area contributed by atoms with Crippen LogP contribution in [0, 0.1) is 11.6 Å². The molecule has 0 fully saturated rings. The van der Waals surface area contributed by atoms with E-state index in [-0.39, 0.29) is 41.5 Å². The van der Waals surface area contributed by atoms with Crippen LogP contribution in [0.25, 0.3) is 0 Å². The summed E-state index contributed by atoms with van der Waals surface area (Å²) in [5, 5.41) is 4.95. The Morgan fingerprint density at radius 3 is 2.59 bits per heavy atom. The number of amides is 2. The summed E-state index contributed by atoms with van der Waals surface area (Å²) >= 11 is 0. The number of carbonyl (C=O) groups is 2. The van der Waals surface area contributed by atoms with Crippen molar-refractivity contribution in [2.75, 3.05) is 15.4 Å². The van der Waals surface area contributed by atoms with Gasteiger partial charge in [-0.15, -0.1) is 0 Å². The van der Waals surface area contributed by atoms with Crippen LogP contribution >= 0.6 is 0 Å². The van der Waals surface area contributed by atoms with Crippen molar-refractivity contribution in [2.24, 2.45) is 0 Å². The van der Waals surface area contributed by atoms with Gasteiger partial charge in [-0.3, -0.25) is 19.3 Å². The topological polar surface area (TPSA) is 117 Å². The zero-order valence-electron chi connectivity index (χ0n) is 16.4. The van der Waals surface area contributed by atoms with Crippen LogP contribution in [0.1, 0.15) is 22.5 Å². The molecule has 1 aromatic heterocycles. The van der Waals surface area contributed by atoms with Crippen LogP contribution in [-0.4, -0.2) is 25.2 Å². The van der Waals surface area contributed by atoms with Gasteiger partial charge in [0, 0.05) is 24.4 Å². The van der Waals surface area contributed by atoms with E-state index in [0.29, 0.717) is 5.56 Å². The maximum atomic E-state index is 14.6. The molecule has 8 nitrogen and oxygen atoms in total. The van der Waals surface area contributed by atoms with Crippen molar-refractivity contribution in [3.8, 4) is 0 Å². The summed E-state index contributed by atoms with van der Waals surface area (Å²) in [7, 11) is -4.50. The quantitative estimate of drug-likeness (QED) is 0.542. The lowest BCUT2D eigenvalue weighted by molar-refractivity contribution is -0.116. The highest BCUT2D eigenvalue weighted by Crippen LogP contribution is 2.31. The van der Waals surface area contributed by atoms with Crippen LogP contribution in [0.3, 0.4) is 0 Å². The zero-order valence-corrected chi connectivity index (χ0v) is 17.2. The second kappa shape index (κ2) is 8.35. The number of pyridine rings is 1. The number of carbonyl (C=O) groups excluding carboxylic acids is 2. The van der Waals surface area contributed by atoms with E-state index in [4.69, 9.17) is 0 Å². The molecule has 2 aromatic carbocycles. The molecule has 0 bridgehead atoms. The Hall–Kier alpha value is -3.86. The number of hydrogen-bond donors (Lipinski definition) is 3. The molecular weight excluding hydrogens is 442 g/mol. The molecule has 4 rings (SSSR count). The SMILES string of the molecule is O=C1CCc2cc(S(=O)(=O)Nc3cc(F)ccc3NC(=O)c3ccccn3)c(F)cc2N1. The van der Waals surface area contributed by atoms with Gasteiger partial charge in [-0.2, -0.15) is 0 Å². The van der Waals surface area contributed by atoms with E-state index >= 15 is 0 Å². The number of nitrogens with zero attached hydrogens (tertiary/aromatic N) is 1. The second-order valence-electron chi connectivity index (χ2n) is 6.95. The lowest BCUT2D eigenvalue weighted by Crippen LogP contribution is -2.22. The Kier molecular flexibility index (Phi) is 5.57. The fourth-order valence-electron chi connectivity index (χ4n) is 3.18. The van der Waals surface area contributed by atoms with Gasteiger partial charge in [-0.25, -0.2) is 17.2 Å². The minimum atomic E-state index is -4.50. The lowest BCUT2D eigenvalue weighted by atomic mass is 10.0. The molecule has 0 aliphatic carbocycles. The monoisotopic (exact) mass is 458 g/mol. The van der Waals surface area contributed by atoms with Crippen molar-refractivity contribution < 1.29 is 26.8 Å². The molecule has 164 valence electrons. The van der Waals surface area contributed by atoms with Crippen molar-refractivity contribution in [1.82, 2.24) is 4.98 Å². The van der Waals surface area contributed by atoms with E-state index in [0.717, 1.165) is 24.3 Å². The van der Waals surface area contributed by atoms with E-state index in [1.165, 1.54) is 18.3 Å². The first kappa shape index (κ1) is 21.4. The third kappa shape index (κ3) is 4.42. The highest BCUT2D eigenvalue weighted by atomic mass is 32.2. The van der Waals surface area contributed by atoms with Crippen LogP contribution in [0.15, 0.2) is 59.6 Å². The first-order chi connectivity index (χ1) is 15.2. The molecule has 3 aromatic rings. The fourth-order valence-corrected chi connectivity index (χ4v) is 4.36. The molecular formula is C21H16F2N4O4S. The molecule has 11 heteroatoms. The Morgan fingerprint density at radius 1 is 1.03 bits per heavy atom. The van der Waals surface area contributed by atoms with E-state index in [9.17, 15) is 26.8 Å². The summed E-state index contributed by atoms with van der Waals surface area (Å²) in [6.45, 7) is 0. The Morgan fingerprint density at radius 2 is 1.84 bits per heavy atom. The number of fused-ring (bicyclic) bond motifs is 1. The molecule has 2 amide bonds. The van der Waals surface area contributed by atoms with Crippen LogP contribution in [-0.2, 0) is 21.2 Å². The maximum Gasteiger partial charge on any atom is 0.274 e. The van der Waals surface area contributed by atoms with Crippen molar-refractivity contribution in [3.05, 3.63) is 77.6 Å².